The molecule has 0 saturated carbocycles. The number of para-hydroxylation sites is 4. The zero-order valence-electron chi connectivity index (χ0n) is 24.2. The maximum Gasteiger partial charge on any atom is 0.194 e. The van der Waals surface area contributed by atoms with Crippen LogP contribution in [0.4, 0.5) is 17.1 Å². The highest BCUT2D eigenvalue weighted by molar-refractivity contribution is 7.99. The first-order chi connectivity index (χ1) is 21.6. The fraction of sp³-hybridized carbons (Fsp3) is 0.0769. The van der Waals surface area contributed by atoms with Gasteiger partial charge < -0.3 is 18.8 Å². The number of benzene rings is 6. The predicted molar refractivity (Wildman–Crippen MR) is 178 cm³/mol. The van der Waals surface area contributed by atoms with Crippen molar-refractivity contribution >= 4 is 50.8 Å². The minimum Gasteiger partial charge on any atom is -0.456 e. The highest BCUT2D eigenvalue weighted by Crippen LogP contribution is 2.57. The lowest BCUT2D eigenvalue weighted by Crippen LogP contribution is -2.25. The Kier molecular flexibility index (Phi) is 5.44. The molecule has 0 atom stereocenters. The number of hydrogen-bond donors (Lipinski definition) is 0. The monoisotopic (exact) mass is 589 g/mol. The fourth-order valence-corrected chi connectivity index (χ4v) is 8.10. The van der Waals surface area contributed by atoms with Gasteiger partial charge >= 0.3 is 0 Å². The second-order valence-electron chi connectivity index (χ2n) is 11.7. The summed E-state index contributed by atoms with van der Waals surface area (Å²) in [7, 11) is 0. The summed E-state index contributed by atoms with van der Waals surface area (Å²) in [4.78, 5) is 4.78. The summed E-state index contributed by atoms with van der Waals surface area (Å²) in [5.74, 6) is 2.76. The number of hydrogen-bond acceptors (Lipinski definition) is 5. The van der Waals surface area contributed by atoms with Crippen LogP contribution in [0.2, 0.25) is 0 Å². The van der Waals surface area contributed by atoms with Crippen molar-refractivity contribution in [3.8, 4) is 23.0 Å². The molecule has 212 valence electrons. The maximum absolute atomic E-state index is 6.61. The second kappa shape index (κ2) is 9.43. The smallest absolute Gasteiger partial charge is 0.194 e. The van der Waals surface area contributed by atoms with Crippen LogP contribution in [0.5, 0.6) is 23.0 Å². The third-order valence-corrected chi connectivity index (χ3v) is 9.99. The number of fused-ring (bicyclic) bond motifs is 7. The van der Waals surface area contributed by atoms with Crippen LogP contribution in [0.15, 0.2) is 142 Å². The van der Waals surface area contributed by atoms with Gasteiger partial charge in [-0.25, -0.2) is 0 Å². The van der Waals surface area contributed by atoms with E-state index in [4.69, 9.17) is 13.9 Å². The number of ether oxygens (including phenoxy) is 2. The van der Waals surface area contributed by atoms with Gasteiger partial charge in [-0.3, -0.25) is 0 Å². The van der Waals surface area contributed by atoms with Gasteiger partial charge in [0.05, 0.1) is 17.1 Å². The average Bonchev–Trinajstić information content (AvgIpc) is 3.42. The lowest BCUT2D eigenvalue weighted by molar-refractivity contribution is 0.360. The highest BCUT2D eigenvalue weighted by Gasteiger charge is 2.36. The quantitative estimate of drug-likeness (QED) is 0.205. The molecule has 0 amide bonds. The summed E-state index contributed by atoms with van der Waals surface area (Å²) in [5, 5.41) is 2.20. The molecule has 44 heavy (non-hydrogen) atoms. The SMILES string of the molecule is CC1(C)c2ccccc2Sc2c(N(c3ccc4c(c3)oc3ccccc34)c3cccc4c3Oc3ccccc3O4)cccc21. The van der Waals surface area contributed by atoms with Crippen LogP contribution in [0, 0.1) is 0 Å². The molecule has 0 fully saturated rings. The van der Waals surface area contributed by atoms with Crippen molar-refractivity contribution in [2.75, 3.05) is 4.90 Å². The van der Waals surface area contributed by atoms with Crippen molar-refractivity contribution in [3.63, 3.8) is 0 Å². The van der Waals surface area contributed by atoms with Crippen LogP contribution in [-0.2, 0) is 5.41 Å². The molecule has 0 bridgehead atoms. The fourth-order valence-electron chi connectivity index (χ4n) is 6.60. The normalized spacial score (nSPS) is 14.1. The molecule has 7 aromatic rings. The van der Waals surface area contributed by atoms with Gasteiger partial charge in [-0.2, -0.15) is 0 Å². The summed E-state index contributed by atoms with van der Waals surface area (Å²) in [6.45, 7) is 4.63. The van der Waals surface area contributed by atoms with E-state index in [-0.39, 0.29) is 5.41 Å². The van der Waals surface area contributed by atoms with Crippen LogP contribution < -0.4 is 14.4 Å². The molecule has 4 nitrogen and oxygen atoms in total. The molecule has 1 aromatic heterocycles. The Labute approximate surface area is 259 Å². The Bertz CT molecular complexity index is 2270. The van der Waals surface area contributed by atoms with Crippen molar-refractivity contribution in [2.24, 2.45) is 0 Å². The first-order valence-corrected chi connectivity index (χ1v) is 15.6. The van der Waals surface area contributed by atoms with Gasteiger partial charge in [0, 0.05) is 32.0 Å². The van der Waals surface area contributed by atoms with E-state index in [1.165, 1.54) is 20.9 Å². The van der Waals surface area contributed by atoms with Crippen LogP contribution in [0.3, 0.4) is 0 Å². The van der Waals surface area contributed by atoms with E-state index in [1.807, 2.05) is 60.3 Å². The van der Waals surface area contributed by atoms with Crippen LogP contribution >= 0.6 is 11.8 Å². The molecular formula is C39H27NO3S. The lowest BCUT2D eigenvalue weighted by Gasteiger charge is -2.38. The van der Waals surface area contributed by atoms with Crippen molar-refractivity contribution < 1.29 is 13.9 Å². The highest BCUT2D eigenvalue weighted by atomic mass is 32.2. The van der Waals surface area contributed by atoms with Gasteiger partial charge in [-0.1, -0.05) is 92.3 Å². The van der Waals surface area contributed by atoms with Gasteiger partial charge in [0.15, 0.2) is 23.0 Å². The number of furan rings is 1. The van der Waals surface area contributed by atoms with Crippen molar-refractivity contribution in [1.82, 2.24) is 0 Å². The summed E-state index contributed by atoms with van der Waals surface area (Å²) < 4.78 is 19.4. The van der Waals surface area contributed by atoms with Crippen LogP contribution in [0.1, 0.15) is 25.0 Å². The molecule has 6 aromatic carbocycles. The molecule has 9 rings (SSSR count). The lowest BCUT2D eigenvalue weighted by atomic mass is 9.77. The maximum atomic E-state index is 6.61. The summed E-state index contributed by atoms with van der Waals surface area (Å²) in [6.07, 6.45) is 0. The molecule has 0 saturated heterocycles. The Morgan fingerprint density at radius 1 is 0.568 bits per heavy atom. The molecule has 3 heterocycles. The number of rotatable bonds is 3. The standard InChI is InChI=1S/C39H27NO3S/c1-39(2)27-12-4-8-20-36(27)44-38-28(39)13-9-15-30(38)40(24-21-22-26-25-11-3-5-16-31(25)41-35(26)23-24)29-14-10-19-34-37(29)43-33-18-7-6-17-32(33)42-34/h3-23H,1-2H3. The molecule has 2 aliphatic heterocycles. The Morgan fingerprint density at radius 3 is 2.16 bits per heavy atom. The van der Waals surface area contributed by atoms with Crippen LogP contribution in [-0.4, -0.2) is 0 Å². The predicted octanol–water partition coefficient (Wildman–Crippen LogP) is 11.7. The molecule has 0 N–H and O–H groups in total. The topological polar surface area (TPSA) is 34.8 Å². The van der Waals surface area contributed by atoms with Crippen molar-refractivity contribution in [3.05, 3.63) is 139 Å². The van der Waals surface area contributed by atoms with Gasteiger partial charge in [-0.05, 0) is 65.7 Å². The first-order valence-electron chi connectivity index (χ1n) is 14.8. The van der Waals surface area contributed by atoms with Gasteiger partial charge in [-0.15, -0.1) is 0 Å². The minimum atomic E-state index is -0.170. The van der Waals surface area contributed by atoms with E-state index in [9.17, 15) is 0 Å². The average molecular weight is 590 g/mol. The minimum absolute atomic E-state index is 0.170. The molecular weight excluding hydrogens is 563 g/mol. The molecule has 0 aliphatic carbocycles. The summed E-state index contributed by atoms with van der Waals surface area (Å²) in [6, 6.07) is 43.9. The summed E-state index contributed by atoms with van der Waals surface area (Å²) in [5.41, 5.74) is 7.11. The molecule has 5 heteroatoms. The van der Waals surface area contributed by atoms with E-state index in [2.05, 4.69) is 97.6 Å². The van der Waals surface area contributed by atoms with Crippen molar-refractivity contribution in [1.29, 1.82) is 0 Å². The molecule has 0 spiro atoms. The van der Waals surface area contributed by atoms with E-state index < -0.39 is 0 Å². The van der Waals surface area contributed by atoms with E-state index >= 15 is 0 Å². The van der Waals surface area contributed by atoms with Crippen molar-refractivity contribution in [2.45, 2.75) is 29.1 Å². The molecule has 0 radical (unpaired) electrons. The van der Waals surface area contributed by atoms with E-state index in [0.29, 0.717) is 23.0 Å². The van der Waals surface area contributed by atoms with E-state index in [0.717, 1.165) is 39.0 Å². The largest absolute Gasteiger partial charge is 0.456 e. The Morgan fingerprint density at radius 2 is 1.25 bits per heavy atom. The first kappa shape index (κ1) is 25.4. The van der Waals surface area contributed by atoms with Gasteiger partial charge in [0.25, 0.3) is 0 Å². The zero-order chi connectivity index (χ0) is 29.4. The Balaban J connectivity index is 1.30. The molecule has 0 unspecified atom stereocenters. The number of nitrogens with zero attached hydrogens (tertiary/aromatic N) is 1. The van der Waals surface area contributed by atoms with Crippen LogP contribution in [0.25, 0.3) is 21.9 Å². The summed E-state index contributed by atoms with van der Waals surface area (Å²) >= 11 is 1.83. The Hall–Kier alpha value is -5.13. The van der Waals surface area contributed by atoms with Gasteiger partial charge in [0.1, 0.15) is 11.2 Å². The zero-order valence-corrected chi connectivity index (χ0v) is 25.0. The third kappa shape index (κ3) is 3.72. The second-order valence-corrected chi connectivity index (χ2v) is 12.8. The van der Waals surface area contributed by atoms with Gasteiger partial charge in [0.2, 0.25) is 0 Å². The third-order valence-electron chi connectivity index (χ3n) is 8.78. The van der Waals surface area contributed by atoms with E-state index in [1.54, 1.807) is 0 Å². The molecule has 2 aliphatic rings. The number of anilines is 3.